The molecule has 1 N–H and O–H groups in total. The second-order valence-electron chi connectivity index (χ2n) is 33.9. The Bertz CT molecular complexity index is 3710. The van der Waals surface area contributed by atoms with E-state index in [4.69, 9.17) is 85.3 Å². The van der Waals surface area contributed by atoms with E-state index in [1.54, 1.807) is 44.4 Å². The van der Waals surface area contributed by atoms with Crippen LogP contribution in [0.4, 0.5) is 9.59 Å². The van der Waals surface area contributed by atoms with Crippen LogP contribution in [0, 0.1) is 29.6 Å². The van der Waals surface area contributed by atoms with Crippen molar-refractivity contribution in [2.24, 2.45) is 29.6 Å². The number of nitrogens with zero attached hydrogens (tertiary/aromatic N) is 2. The van der Waals surface area contributed by atoms with E-state index in [0.717, 1.165) is 35.7 Å². The number of hydrogen-bond acceptors (Lipinski definition) is 27. The average molecular weight is 1760 g/mol. The fourth-order valence-electron chi connectivity index (χ4n) is 16.7. The van der Waals surface area contributed by atoms with Crippen molar-refractivity contribution in [1.82, 2.24) is 9.80 Å². The van der Waals surface area contributed by atoms with Gasteiger partial charge in [0.15, 0.2) is 0 Å². The summed E-state index contributed by atoms with van der Waals surface area (Å²) in [6.07, 6.45) is -6.49. The zero-order chi connectivity index (χ0) is 89.7. The Labute approximate surface area is 737 Å². The van der Waals surface area contributed by atoms with Crippen molar-refractivity contribution < 1.29 is 129 Å². The molecule has 0 aliphatic carbocycles. The van der Waals surface area contributed by atoms with Crippen molar-refractivity contribution in [1.29, 1.82) is 0 Å². The number of amides is 2. The van der Waals surface area contributed by atoms with Gasteiger partial charge in [-0.1, -0.05) is 121 Å². The van der Waals surface area contributed by atoms with Crippen molar-refractivity contribution in [3.05, 3.63) is 144 Å². The van der Waals surface area contributed by atoms with Gasteiger partial charge in [0.25, 0.3) is 0 Å². The third kappa shape index (κ3) is 28.7. The Balaban J connectivity index is 0.000000281. The standard InChI is InChI=1S/C45H65B2NO13P.C44H63B2NO14P/c1-9-29(2)37-40(62-47-46-52)31(4)38(57-32(5)49)41(59-37)58-36-30(3)25-45(42(50)53-8,61-39(36)35-28-56-44(6,7)60-35)55-24-18-12-17-23-48(26-33-19-13-10-14-20-33)43(51)54-27-34-21-15-11-16-22-34;1-8-28(2)36-39(62-46-45-52)34(49)38(57-30(4)48)40(59-36)58-35-29(3)24-44(41(50)53-7,61-37(35)33-27-56-43(5,6)60-33)55-23-17-11-16-22-47(25-31-18-12-9-13-19-31)42(51)54-26-32-20-14-10-15-21-32/h10-11,13-16,19-22,29-31,35-41,62H,9,12,17-18,23-28H2,1-8H3;9-10,12-15,18-21,28-29,33-40,49,62H,8,11,16-17,22-27H2,1-7H3/t29-,30+,31+,35+,36+,37?,38?,39?,40-,41-,45+;28-,29+,33+,34+,35+,36?,37?,38?,39-,40-,44+/m00/s1. The van der Waals surface area contributed by atoms with Gasteiger partial charge in [0.2, 0.25) is 0 Å². The first kappa shape index (κ1) is 101. The monoisotopic (exact) mass is 1760 g/mol. The predicted molar refractivity (Wildman–Crippen MR) is 464 cm³/mol. The van der Waals surface area contributed by atoms with Crippen LogP contribution in [0.15, 0.2) is 121 Å². The summed E-state index contributed by atoms with van der Waals surface area (Å²) >= 11 is 0. The van der Waals surface area contributed by atoms with E-state index in [2.05, 4.69) is 13.8 Å². The molecule has 0 aromatic heterocycles. The Morgan fingerprint density at radius 3 is 1.24 bits per heavy atom. The van der Waals surface area contributed by atoms with Gasteiger partial charge in [-0.05, 0) is 88.5 Å². The molecule has 6 fully saturated rings. The SMILES string of the molecule is CC[C@H](C)C1O[C@H](O[C@H]2C([C@H]3COC(C)(C)O3)O[C@@](OCCCCCN(Cc3ccccc3)C(=O)OCc3ccccc3)(C(=O)OC)C[C@H]2C)C(OC(C)=O)[C@@H](C)[C@@H]1P[B]B=O.CC[C@H](C)C1O[C@H](O[C@H]2C([C@H]3COC(C)(C)O3)O[C@@](OCCCCCN(Cc3ccccc3)C(=O)OCc3ccccc3)(C(=O)OC)C[C@H]2C)C(OC(C)=O)[C@@H](O)[C@@H]1P[B]B=O. The maximum absolute atomic E-state index is 13.8. The molecule has 24 atom stereocenters. The summed E-state index contributed by atoms with van der Waals surface area (Å²) < 4.78 is 134. The van der Waals surface area contributed by atoms with Crippen LogP contribution in [0.5, 0.6) is 0 Å². The first-order valence-corrected chi connectivity index (χ1v) is 45.9. The quantitative estimate of drug-likeness (QED) is 0.0142. The van der Waals surface area contributed by atoms with Crippen molar-refractivity contribution >= 4 is 80.8 Å². The molecule has 6 aliphatic heterocycles. The zero-order valence-electron chi connectivity index (χ0n) is 74.5. The van der Waals surface area contributed by atoms with E-state index < -0.39 is 144 Å². The van der Waals surface area contributed by atoms with E-state index in [1.165, 1.54) is 35.0 Å². The summed E-state index contributed by atoms with van der Waals surface area (Å²) in [6, 6.07) is 38.6. The molecule has 35 heteroatoms. The van der Waals surface area contributed by atoms with E-state index >= 15 is 0 Å². The van der Waals surface area contributed by atoms with Crippen molar-refractivity contribution in [3.63, 3.8) is 0 Å². The van der Waals surface area contributed by atoms with Crippen molar-refractivity contribution in [2.75, 3.05) is 53.7 Å². The molecule has 124 heavy (non-hydrogen) atoms. The maximum atomic E-state index is 13.8. The van der Waals surface area contributed by atoms with Crippen molar-refractivity contribution in [3.8, 4) is 0 Å². The van der Waals surface area contributed by atoms with Gasteiger partial charge in [-0.25, -0.2) is 19.2 Å². The second kappa shape index (κ2) is 49.3. The molecule has 0 saturated carbocycles. The molecular formula is C89H128B4N2O27P2. The van der Waals surface area contributed by atoms with Gasteiger partial charge in [-0.15, -0.1) is 0 Å². The van der Waals surface area contributed by atoms with E-state index in [-0.39, 0.29) is 105 Å². The van der Waals surface area contributed by atoms with Gasteiger partial charge in [0.05, 0.1) is 27.4 Å². The number of methoxy groups -OCH3 is 2. The third-order valence-electron chi connectivity index (χ3n) is 23.5. The topological polar surface area (TPSA) is 329 Å². The number of rotatable bonds is 42. The summed E-state index contributed by atoms with van der Waals surface area (Å²) in [5.74, 6) is -9.05. The van der Waals surface area contributed by atoms with E-state index in [9.17, 15) is 43.3 Å². The summed E-state index contributed by atoms with van der Waals surface area (Å²) in [4.78, 5) is 82.4. The van der Waals surface area contributed by atoms with Crippen LogP contribution in [0.3, 0.4) is 0 Å². The molecule has 4 aromatic carbocycles. The molecule has 8 unspecified atom stereocenters. The summed E-state index contributed by atoms with van der Waals surface area (Å²) in [6.45, 7) is 29.4. The molecule has 6 heterocycles. The predicted octanol–water partition coefficient (Wildman–Crippen LogP) is 12.4. The number of aliphatic hydroxyl groups excluding tert-OH is 1. The minimum absolute atomic E-state index is 0.0243. The van der Waals surface area contributed by atoms with Crippen LogP contribution in [0.2, 0.25) is 0 Å². The molecule has 6 aliphatic rings. The zero-order valence-corrected chi connectivity index (χ0v) is 76.5. The number of benzene rings is 4. The van der Waals surface area contributed by atoms with Gasteiger partial charge in [0.1, 0.15) is 13.2 Å². The van der Waals surface area contributed by atoms with E-state index in [1.807, 2.05) is 156 Å². The molecule has 6 saturated heterocycles. The summed E-state index contributed by atoms with van der Waals surface area (Å²) in [5.41, 5.74) is 3.17. The molecule has 4 aromatic rings. The van der Waals surface area contributed by atoms with Gasteiger partial charge < -0.3 is 28.7 Å². The molecule has 2 amide bonds. The molecular weight excluding hydrogens is 1630 g/mol. The number of carbonyl (C=O) groups is 6. The van der Waals surface area contributed by atoms with Crippen LogP contribution in [-0.4, -0.2) is 247 Å². The van der Waals surface area contributed by atoms with Crippen LogP contribution >= 0.6 is 16.9 Å². The number of ether oxygens (including phenoxy) is 18. The molecule has 2 radical (unpaired) electrons. The molecule has 0 bridgehead atoms. The number of aliphatic hydroxyl groups is 1. The Hall–Kier alpha value is -6.50. The van der Waals surface area contributed by atoms with Crippen molar-refractivity contribution in [2.45, 2.75) is 295 Å². The van der Waals surface area contributed by atoms with E-state index in [0.29, 0.717) is 78.2 Å². The first-order valence-electron chi connectivity index (χ1n) is 43.5. The molecule has 0 spiro atoms. The van der Waals surface area contributed by atoms with Crippen LogP contribution < -0.4 is 0 Å². The van der Waals surface area contributed by atoms with Crippen LogP contribution in [0.1, 0.15) is 176 Å². The normalized spacial score (nSPS) is 30.0. The Morgan fingerprint density at radius 1 is 0.508 bits per heavy atom. The van der Waals surface area contributed by atoms with Crippen LogP contribution in [-0.2, 0) is 140 Å². The number of hydrogen-bond donors (Lipinski definition) is 1. The number of carbonyl (C=O) groups excluding carboxylic acids is 6. The molecule has 678 valence electrons. The number of unbranched alkanes of at least 4 members (excludes halogenated alkanes) is 4. The molecule has 10 rings (SSSR count). The second-order valence-corrected chi connectivity index (χ2v) is 36.5. The molecule has 29 nitrogen and oxygen atoms in total. The fourth-order valence-corrected chi connectivity index (χ4v) is 19.4. The Morgan fingerprint density at radius 2 is 0.879 bits per heavy atom. The average Bonchev–Trinajstić information content (AvgIpc) is 1.22. The van der Waals surface area contributed by atoms with Gasteiger partial charge in [-0.2, -0.15) is 0 Å². The first-order chi connectivity index (χ1) is 59.4. The van der Waals surface area contributed by atoms with Gasteiger partial charge in [-0.3, -0.25) is 0 Å². The minimum atomic E-state index is -1.84. The van der Waals surface area contributed by atoms with Crippen LogP contribution in [0.25, 0.3) is 0 Å². The summed E-state index contributed by atoms with van der Waals surface area (Å²) in [5, 5.41) is 11.7. The Kier molecular flexibility index (Phi) is 40.3. The fraction of sp³-hybridized carbons (Fsp3) is 0.663. The third-order valence-corrected chi connectivity index (χ3v) is 26.4. The van der Waals surface area contributed by atoms with Gasteiger partial charge >= 0.3 is 416 Å². The summed E-state index contributed by atoms with van der Waals surface area (Å²) in [7, 11) is 4.12. The number of esters is 4. The van der Waals surface area contributed by atoms with Gasteiger partial charge in [0, 0.05) is 26.2 Å².